The zero-order valence-electron chi connectivity index (χ0n) is 13.6. The van der Waals surface area contributed by atoms with Crippen LogP contribution >= 0.6 is 34.7 Å². The number of ketones is 1. The number of Topliss-reactive ketones (excluding diaryl/α,β-unsaturated/α-hetero) is 1. The van der Waals surface area contributed by atoms with Crippen LogP contribution in [0.25, 0.3) is 10.9 Å². The number of carbonyl (C=O) groups is 2. The summed E-state index contributed by atoms with van der Waals surface area (Å²) >= 11 is 8.45. The predicted octanol–water partition coefficient (Wildman–Crippen LogP) is 3.73. The van der Waals surface area contributed by atoms with Gasteiger partial charge in [-0.3, -0.25) is 4.79 Å². The number of aryl methyl sites for hydroxylation is 1. The van der Waals surface area contributed by atoms with E-state index in [9.17, 15) is 9.59 Å². The van der Waals surface area contributed by atoms with E-state index in [-0.39, 0.29) is 21.4 Å². The smallest absolute Gasteiger partial charge is 0.365 e. The number of hydrogen-bond acceptors (Lipinski definition) is 8. The summed E-state index contributed by atoms with van der Waals surface area (Å²) in [5.41, 5.74) is 0.657. The van der Waals surface area contributed by atoms with E-state index in [1.165, 1.54) is 25.1 Å². The maximum absolute atomic E-state index is 12.3. The number of benzene rings is 1. The highest BCUT2D eigenvalue weighted by molar-refractivity contribution is 8.00. The van der Waals surface area contributed by atoms with Crippen molar-refractivity contribution < 1.29 is 19.4 Å². The van der Waals surface area contributed by atoms with Crippen molar-refractivity contribution >= 4 is 57.4 Å². The first-order valence-corrected chi connectivity index (χ1v) is 9.44. The molecule has 10 heteroatoms. The Kier molecular flexibility index (Phi) is 5.40. The van der Waals surface area contributed by atoms with E-state index in [0.717, 1.165) is 11.3 Å². The highest BCUT2D eigenvalue weighted by Crippen LogP contribution is 2.37. The molecule has 0 bridgehead atoms. The fraction of sp³-hybridized carbons (Fsp3) is 0.188. The molecule has 134 valence electrons. The third-order valence-electron chi connectivity index (χ3n) is 3.37. The Morgan fingerprint density at radius 3 is 2.77 bits per heavy atom. The lowest BCUT2D eigenvalue weighted by Crippen LogP contribution is -2.02. The summed E-state index contributed by atoms with van der Waals surface area (Å²) in [5, 5.41) is 10.3. The largest absolute Gasteiger partial charge is 0.495 e. The first-order chi connectivity index (χ1) is 12.4. The molecule has 1 N–H and O–H groups in total. The number of aromatic nitrogens is 3. The number of halogens is 1. The molecule has 7 nitrogen and oxygen atoms in total. The molecule has 0 aliphatic heterocycles. The van der Waals surface area contributed by atoms with Crippen molar-refractivity contribution in [2.45, 2.75) is 11.9 Å². The van der Waals surface area contributed by atoms with Crippen LogP contribution < -0.4 is 4.74 Å². The molecular weight excluding hydrogens is 398 g/mol. The van der Waals surface area contributed by atoms with Gasteiger partial charge in [-0.05, 0) is 19.1 Å². The molecule has 2 aromatic heterocycles. The van der Waals surface area contributed by atoms with Crippen molar-refractivity contribution in [2.24, 2.45) is 0 Å². The molecule has 0 radical (unpaired) electrons. The van der Waals surface area contributed by atoms with E-state index in [4.69, 9.17) is 21.4 Å². The zero-order valence-corrected chi connectivity index (χ0v) is 16.0. The van der Waals surface area contributed by atoms with Crippen LogP contribution in [0.5, 0.6) is 5.75 Å². The number of carbonyl (C=O) groups excluding carboxylic acids is 1. The van der Waals surface area contributed by atoms with Gasteiger partial charge in [-0.25, -0.2) is 19.7 Å². The maximum atomic E-state index is 12.3. The molecule has 26 heavy (non-hydrogen) atoms. The number of thioether (sulfide) groups is 1. The van der Waals surface area contributed by atoms with Gasteiger partial charge in [0.05, 0.1) is 33.7 Å². The summed E-state index contributed by atoms with van der Waals surface area (Å²) in [6, 6.07) is 3.50. The third-order valence-corrected chi connectivity index (χ3v) is 5.74. The van der Waals surface area contributed by atoms with Crippen molar-refractivity contribution in [1.29, 1.82) is 0 Å². The molecule has 0 saturated heterocycles. The van der Waals surface area contributed by atoms with Gasteiger partial charge in [0.2, 0.25) is 5.01 Å². The SMILES string of the molecule is COc1ccc2nc(C)nc(SCC(=O)c3cnc(C(=O)O)s3)c2c1Cl. The van der Waals surface area contributed by atoms with Crippen molar-refractivity contribution in [2.75, 3.05) is 12.9 Å². The lowest BCUT2D eigenvalue weighted by atomic mass is 10.2. The van der Waals surface area contributed by atoms with Crippen molar-refractivity contribution in [1.82, 2.24) is 15.0 Å². The zero-order chi connectivity index (χ0) is 18.8. The predicted molar refractivity (Wildman–Crippen MR) is 100.0 cm³/mol. The standard InChI is InChI=1S/C16H12ClN3O4S2/c1-7-19-8-3-4-10(24-2)13(17)12(8)14(20-7)25-6-9(21)11-5-18-15(26-11)16(22)23/h3-5H,6H2,1-2H3,(H,22,23). The van der Waals surface area contributed by atoms with Gasteiger partial charge in [0.25, 0.3) is 0 Å². The second kappa shape index (κ2) is 7.56. The van der Waals surface area contributed by atoms with Gasteiger partial charge in [-0.15, -0.1) is 11.3 Å². The quantitative estimate of drug-likeness (QED) is 0.373. The van der Waals surface area contributed by atoms with E-state index in [1.54, 1.807) is 19.1 Å². The van der Waals surface area contributed by atoms with Crippen LogP contribution in [-0.2, 0) is 0 Å². The fourth-order valence-electron chi connectivity index (χ4n) is 2.21. The molecule has 2 heterocycles. The summed E-state index contributed by atoms with van der Waals surface area (Å²) in [6.07, 6.45) is 1.27. The molecule has 1 aromatic carbocycles. The Morgan fingerprint density at radius 2 is 2.12 bits per heavy atom. The van der Waals surface area contributed by atoms with E-state index >= 15 is 0 Å². The first-order valence-electron chi connectivity index (χ1n) is 7.26. The minimum atomic E-state index is -1.15. The Hall–Kier alpha value is -2.23. The summed E-state index contributed by atoms with van der Waals surface area (Å²) in [7, 11) is 1.52. The molecule has 0 fully saturated rings. The molecular formula is C16H12ClN3O4S2. The van der Waals surface area contributed by atoms with Gasteiger partial charge in [0.1, 0.15) is 16.6 Å². The molecule has 0 aliphatic rings. The molecule has 0 atom stereocenters. The average Bonchev–Trinajstić information content (AvgIpc) is 3.10. The summed E-state index contributed by atoms with van der Waals surface area (Å²) in [4.78, 5) is 36.0. The van der Waals surface area contributed by atoms with Crippen LogP contribution in [0.15, 0.2) is 23.4 Å². The number of rotatable bonds is 6. The van der Waals surface area contributed by atoms with Crippen LogP contribution in [0.3, 0.4) is 0 Å². The molecule has 0 spiro atoms. The molecule has 0 saturated carbocycles. The number of methoxy groups -OCH3 is 1. The van der Waals surface area contributed by atoms with Crippen molar-refractivity contribution in [3.8, 4) is 5.75 Å². The van der Waals surface area contributed by atoms with E-state index in [1.807, 2.05) is 0 Å². The summed E-state index contributed by atoms with van der Waals surface area (Å²) in [5.74, 6) is -0.269. The van der Waals surface area contributed by atoms with Crippen LogP contribution in [0, 0.1) is 6.92 Å². The van der Waals surface area contributed by atoms with Crippen molar-refractivity contribution in [3.63, 3.8) is 0 Å². The average molecular weight is 410 g/mol. The minimum Gasteiger partial charge on any atom is -0.495 e. The Morgan fingerprint density at radius 1 is 1.35 bits per heavy atom. The number of ether oxygens (including phenoxy) is 1. The Bertz CT molecular complexity index is 1020. The number of thiazole rings is 1. The van der Waals surface area contributed by atoms with Crippen LogP contribution in [0.2, 0.25) is 5.02 Å². The monoisotopic (exact) mass is 409 g/mol. The highest BCUT2D eigenvalue weighted by atomic mass is 35.5. The van der Waals surface area contributed by atoms with Gasteiger partial charge in [0.15, 0.2) is 5.78 Å². The maximum Gasteiger partial charge on any atom is 0.365 e. The number of fused-ring (bicyclic) bond motifs is 1. The normalized spacial score (nSPS) is 10.9. The van der Waals surface area contributed by atoms with E-state index in [2.05, 4.69) is 15.0 Å². The lowest BCUT2D eigenvalue weighted by Gasteiger charge is -2.10. The number of carboxylic acid groups (broad SMARTS) is 1. The second-order valence-electron chi connectivity index (χ2n) is 5.10. The van der Waals surface area contributed by atoms with Gasteiger partial charge in [-0.1, -0.05) is 23.4 Å². The Labute approximate surface area is 161 Å². The van der Waals surface area contributed by atoms with Gasteiger partial charge in [0, 0.05) is 6.20 Å². The summed E-state index contributed by atoms with van der Waals surface area (Å²) in [6.45, 7) is 1.76. The molecule has 0 aliphatic carbocycles. The fourth-order valence-corrected chi connectivity index (χ4v) is 4.35. The topological polar surface area (TPSA) is 102 Å². The van der Waals surface area contributed by atoms with Crippen LogP contribution in [0.4, 0.5) is 0 Å². The Balaban J connectivity index is 1.90. The number of aromatic carboxylic acids is 1. The molecule has 3 aromatic rings. The lowest BCUT2D eigenvalue weighted by molar-refractivity contribution is 0.0696. The molecule has 0 unspecified atom stereocenters. The number of carboxylic acids is 1. The van der Waals surface area contributed by atoms with Crippen molar-refractivity contribution in [3.05, 3.63) is 39.1 Å². The number of nitrogens with zero attached hydrogens (tertiary/aromatic N) is 3. The van der Waals surface area contributed by atoms with Crippen LogP contribution in [-0.4, -0.2) is 44.7 Å². The highest BCUT2D eigenvalue weighted by Gasteiger charge is 2.18. The first kappa shape index (κ1) is 18.6. The van der Waals surface area contributed by atoms with Gasteiger partial charge >= 0.3 is 5.97 Å². The third kappa shape index (κ3) is 3.64. The molecule has 0 amide bonds. The summed E-state index contributed by atoms with van der Waals surface area (Å²) < 4.78 is 5.23. The van der Waals surface area contributed by atoms with E-state index < -0.39 is 5.97 Å². The molecule has 3 rings (SSSR count). The second-order valence-corrected chi connectivity index (χ2v) is 7.47. The van der Waals surface area contributed by atoms with Gasteiger partial charge < -0.3 is 9.84 Å². The van der Waals surface area contributed by atoms with Crippen LogP contribution in [0.1, 0.15) is 25.3 Å². The van der Waals surface area contributed by atoms with Gasteiger partial charge in [-0.2, -0.15) is 0 Å². The minimum absolute atomic E-state index is 0.0698. The number of hydrogen-bond donors (Lipinski definition) is 1. The van der Waals surface area contributed by atoms with E-state index in [0.29, 0.717) is 32.5 Å².